The molecule has 5 heteroatoms. The minimum Gasteiger partial charge on any atom is -0.493 e. The first-order valence-electron chi connectivity index (χ1n) is 5.98. The number of carbonyl (C=O) groups is 1. The molecule has 1 saturated heterocycles. The molecule has 1 aromatic rings. The number of methoxy groups -OCH3 is 1. The fourth-order valence-corrected chi connectivity index (χ4v) is 1.95. The highest BCUT2D eigenvalue weighted by atomic mass is 16.6. The molecule has 1 N–H and O–H groups in total. The third kappa shape index (κ3) is 2.67. The van der Waals surface area contributed by atoms with Crippen LogP contribution in [0.15, 0.2) is 18.2 Å². The van der Waals surface area contributed by atoms with Crippen LogP contribution in [-0.2, 0) is 4.74 Å². The lowest BCUT2D eigenvalue weighted by Gasteiger charge is -2.24. The monoisotopic (exact) mass is 251 g/mol. The molecule has 18 heavy (non-hydrogen) atoms. The molecule has 1 aliphatic heterocycles. The van der Waals surface area contributed by atoms with Crippen molar-refractivity contribution in [3.8, 4) is 11.5 Å². The molecule has 0 saturated carbocycles. The fraction of sp³-hybridized carbons (Fsp3) is 0.462. The maximum Gasteiger partial charge on any atom is 0.407 e. The van der Waals surface area contributed by atoms with Crippen molar-refractivity contribution in [3.05, 3.63) is 23.8 Å². The third-order valence-electron chi connectivity index (χ3n) is 2.82. The van der Waals surface area contributed by atoms with Crippen molar-refractivity contribution in [1.82, 2.24) is 5.32 Å². The summed E-state index contributed by atoms with van der Waals surface area (Å²) in [5, 5.41) is 2.78. The molecule has 0 radical (unpaired) electrons. The molecule has 1 atom stereocenters. The van der Waals surface area contributed by atoms with Gasteiger partial charge in [0.1, 0.15) is 0 Å². The van der Waals surface area contributed by atoms with E-state index in [0.717, 1.165) is 12.0 Å². The van der Waals surface area contributed by atoms with Gasteiger partial charge in [0.15, 0.2) is 11.5 Å². The topological polar surface area (TPSA) is 56.8 Å². The molecule has 0 aromatic heterocycles. The highest BCUT2D eigenvalue weighted by Gasteiger charge is 2.21. The Balaban J connectivity index is 2.20. The van der Waals surface area contributed by atoms with Gasteiger partial charge in [-0.2, -0.15) is 0 Å². The molecule has 98 valence electrons. The molecular formula is C13H17NO4. The second-order valence-corrected chi connectivity index (χ2v) is 3.96. The molecule has 0 bridgehead atoms. The number of carbonyl (C=O) groups excluding carboxylic acids is 1. The van der Waals surface area contributed by atoms with Crippen molar-refractivity contribution in [2.24, 2.45) is 0 Å². The lowest BCUT2D eigenvalue weighted by molar-refractivity contribution is 0.115. The number of cyclic esters (lactones) is 1. The Morgan fingerprint density at radius 2 is 2.28 bits per heavy atom. The van der Waals surface area contributed by atoms with E-state index in [9.17, 15) is 4.79 Å². The van der Waals surface area contributed by atoms with Crippen LogP contribution in [0.25, 0.3) is 0 Å². The van der Waals surface area contributed by atoms with Gasteiger partial charge in [0, 0.05) is 6.42 Å². The largest absolute Gasteiger partial charge is 0.493 e. The van der Waals surface area contributed by atoms with Crippen molar-refractivity contribution in [2.75, 3.05) is 20.3 Å². The summed E-state index contributed by atoms with van der Waals surface area (Å²) in [7, 11) is 1.60. The molecule has 2 rings (SSSR count). The molecule has 1 heterocycles. The van der Waals surface area contributed by atoms with Gasteiger partial charge in [-0.05, 0) is 24.6 Å². The van der Waals surface area contributed by atoms with E-state index in [-0.39, 0.29) is 12.1 Å². The number of hydrogen-bond acceptors (Lipinski definition) is 4. The van der Waals surface area contributed by atoms with Gasteiger partial charge in [0.05, 0.1) is 26.4 Å². The van der Waals surface area contributed by atoms with Crippen LogP contribution in [0.4, 0.5) is 4.79 Å². The Hall–Kier alpha value is -1.91. The summed E-state index contributed by atoms with van der Waals surface area (Å²) in [6.45, 7) is 2.95. The van der Waals surface area contributed by atoms with Crippen molar-refractivity contribution in [2.45, 2.75) is 19.4 Å². The zero-order chi connectivity index (χ0) is 13.0. The Labute approximate surface area is 106 Å². The van der Waals surface area contributed by atoms with E-state index in [0.29, 0.717) is 24.7 Å². The van der Waals surface area contributed by atoms with Crippen LogP contribution in [-0.4, -0.2) is 26.4 Å². The van der Waals surface area contributed by atoms with E-state index in [1.807, 2.05) is 25.1 Å². The second kappa shape index (κ2) is 5.62. The highest BCUT2D eigenvalue weighted by molar-refractivity contribution is 5.68. The molecule has 0 aliphatic carbocycles. The van der Waals surface area contributed by atoms with Crippen LogP contribution >= 0.6 is 0 Å². The molecular weight excluding hydrogens is 234 g/mol. The highest BCUT2D eigenvalue weighted by Crippen LogP contribution is 2.31. The number of benzene rings is 1. The summed E-state index contributed by atoms with van der Waals surface area (Å²) in [5.74, 6) is 1.39. The van der Waals surface area contributed by atoms with Crippen LogP contribution in [0.2, 0.25) is 0 Å². The maximum absolute atomic E-state index is 11.2. The van der Waals surface area contributed by atoms with Crippen molar-refractivity contribution in [1.29, 1.82) is 0 Å². The fourth-order valence-electron chi connectivity index (χ4n) is 1.95. The summed E-state index contributed by atoms with van der Waals surface area (Å²) < 4.78 is 15.6. The van der Waals surface area contributed by atoms with E-state index < -0.39 is 0 Å². The van der Waals surface area contributed by atoms with Crippen molar-refractivity contribution < 1.29 is 19.0 Å². The van der Waals surface area contributed by atoms with E-state index in [1.165, 1.54) is 0 Å². The van der Waals surface area contributed by atoms with Gasteiger partial charge >= 0.3 is 6.09 Å². The number of hydrogen-bond donors (Lipinski definition) is 1. The van der Waals surface area contributed by atoms with Crippen LogP contribution < -0.4 is 14.8 Å². The Kier molecular flexibility index (Phi) is 3.92. The minimum atomic E-state index is -0.376. The van der Waals surface area contributed by atoms with Crippen molar-refractivity contribution in [3.63, 3.8) is 0 Å². The Morgan fingerprint density at radius 1 is 1.44 bits per heavy atom. The Bertz CT molecular complexity index is 433. The lowest BCUT2D eigenvalue weighted by atomic mass is 10.0. The SMILES string of the molecule is CCOc1ccc([C@H]2CCOC(=O)N2)cc1OC. The standard InChI is InChI=1S/C13H17NO4/c1-3-17-11-5-4-9(8-12(11)16-2)10-6-7-18-13(15)14-10/h4-5,8,10H,3,6-7H2,1-2H3,(H,14,15)/t10-/m1/s1. The summed E-state index contributed by atoms with van der Waals surface area (Å²) in [6.07, 6.45) is 0.377. The van der Waals surface area contributed by atoms with E-state index in [4.69, 9.17) is 14.2 Å². The average Bonchev–Trinajstić information content (AvgIpc) is 2.39. The smallest absolute Gasteiger partial charge is 0.407 e. The molecule has 1 aliphatic rings. The quantitative estimate of drug-likeness (QED) is 0.891. The van der Waals surface area contributed by atoms with Crippen LogP contribution in [0.5, 0.6) is 11.5 Å². The summed E-state index contributed by atoms with van der Waals surface area (Å²) >= 11 is 0. The first-order valence-corrected chi connectivity index (χ1v) is 5.98. The first kappa shape index (κ1) is 12.5. The molecule has 1 fully saturated rings. The zero-order valence-electron chi connectivity index (χ0n) is 10.6. The first-order chi connectivity index (χ1) is 8.74. The van der Waals surface area contributed by atoms with Gasteiger partial charge in [0.2, 0.25) is 0 Å². The van der Waals surface area contributed by atoms with E-state index >= 15 is 0 Å². The molecule has 1 amide bonds. The lowest BCUT2D eigenvalue weighted by Crippen LogP contribution is -2.35. The summed E-state index contributed by atoms with van der Waals surface area (Å²) in [4.78, 5) is 11.2. The normalized spacial score (nSPS) is 18.8. The maximum atomic E-state index is 11.2. The van der Waals surface area contributed by atoms with Gasteiger partial charge < -0.3 is 19.5 Å². The average molecular weight is 251 g/mol. The second-order valence-electron chi connectivity index (χ2n) is 3.96. The van der Waals surface area contributed by atoms with Gasteiger partial charge in [-0.3, -0.25) is 0 Å². The third-order valence-corrected chi connectivity index (χ3v) is 2.82. The Morgan fingerprint density at radius 3 is 2.94 bits per heavy atom. The zero-order valence-corrected chi connectivity index (χ0v) is 10.6. The number of nitrogens with one attached hydrogen (secondary N) is 1. The number of alkyl carbamates (subject to hydrolysis) is 1. The van der Waals surface area contributed by atoms with Gasteiger partial charge in [-0.15, -0.1) is 0 Å². The minimum absolute atomic E-state index is 0.0316. The van der Waals surface area contributed by atoms with Gasteiger partial charge in [-0.1, -0.05) is 6.07 Å². The van der Waals surface area contributed by atoms with Crippen LogP contribution in [0.1, 0.15) is 24.9 Å². The predicted molar refractivity (Wildman–Crippen MR) is 66.0 cm³/mol. The molecule has 0 unspecified atom stereocenters. The number of ether oxygens (including phenoxy) is 3. The van der Waals surface area contributed by atoms with Crippen LogP contribution in [0.3, 0.4) is 0 Å². The van der Waals surface area contributed by atoms with Crippen LogP contribution in [0, 0.1) is 0 Å². The van der Waals surface area contributed by atoms with E-state index in [2.05, 4.69) is 5.32 Å². The van der Waals surface area contributed by atoms with E-state index in [1.54, 1.807) is 7.11 Å². The molecule has 1 aromatic carbocycles. The van der Waals surface area contributed by atoms with Gasteiger partial charge in [0.25, 0.3) is 0 Å². The summed E-state index contributed by atoms with van der Waals surface area (Å²) in [6, 6.07) is 5.65. The predicted octanol–water partition coefficient (Wildman–Crippen LogP) is 2.26. The summed E-state index contributed by atoms with van der Waals surface area (Å²) in [5.41, 5.74) is 0.993. The van der Waals surface area contributed by atoms with Gasteiger partial charge in [-0.25, -0.2) is 4.79 Å². The molecule has 0 spiro atoms. The number of amides is 1. The molecule has 5 nitrogen and oxygen atoms in total. The van der Waals surface area contributed by atoms with Crippen molar-refractivity contribution >= 4 is 6.09 Å². The number of rotatable bonds is 4.